The highest BCUT2D eigenvalue weighted by Crippen LogP contribution is 2.38. The molecule has 0 spiro atoms. The lowest BCUT2D eigenvalue weighted by Crippen LogP contribution is -2.11. The van der Waals surface area contributed by atoms with Crippen LogP contribution < -0.4 is 0 Å². The zero-order valence-corrected chi connectivity index (χ0v) is 7.25. The third-order valence-corrected chi connectivity index (χ3v) is 2.46. The minimum Gasteiger partial charge on any atom is -0.390 e. The van der Waals surface area contributed by atoms with E-state index in [1.807, 2.05) is 19.1 Å². The smallest absolute Gasteiger partial charge is 0.0690 e. The third-order valence-electron chi connectivity index (χ3n) is 2.46. The Morgan fingerprint density at radius 3 is 2.92 bits per heavy atom. The van der Waals surface area contributed by atoms with Crippen molar-refractivity contribution in [2.75, 3.05) is 0 Å². The molecule has 0 amide bonds. The van der Waals surface area contributed by atoms with Crippen molar-refractivity contribution in [2.45, 2.75) is 31.8 Å². The van der Waals surface area contributed by atoms with Gasteiger partial charge in [0.05, 0.1) is 5.60 Å². The Morgan fingerprint density at radius 2 is 2.33 bits per heavy atom. The van der Waals surface area contributed by atoms with Gasteiger partial charge in [0.15, 0.2) is 0 Å². The molecule has 0 radical (unpaired) electrons. The van der Waals surface area contributed by atoms with E-state index in [0.29, 0.717) is 0 Å². The number of pyridine rings is 1. The van der Waals surface area contributed by atoms with Crippen molar-refractivity contribution in [1.29, 1.82) is 0 Å². The summed E-state index contributed by atoms with van der Waals surface area (Å²) in [4.78, 5) is 4.18. The Morgan fingerprint density at radius 1 is 1.58 bits per heavy atom. The Bertz CT molecular complexity index is 292. The van der Waals surface area contributed by atoms with E-state index in [4.69, 9.17) is 0 Å². The van der Waals surface area contributed by atoms with E-state index < -0.39 is 5.60 Å². The highest BCUT2D eigenvalue weighted by molar-refractivity contribution is 5.22. The first kappa shape index (κ1) is 7.74. The number of aromatic nitrogens is 1. The summed E-state index contributed by atoms with van der Waals surface area (Å²) in [5.74, 6) is 0. The summed E-state index contributed by atoms with van der Waals surface area (Å²) in [6, 6.07) is 3.96. The molecule has 1 aromatic rings. The van der Waals surface area contributed by atoms with Crippen LogP contribution in [0.2, 0.25) is 0 Å². The summed E-state index contributed by atoms with van der Waals surface area (Å²) in [5.41, 5.74) is 1.82. The lowest BCUT2D eigenvalue weighted by atomic mass is 10.1. The van der Waals surface area contributed by atoms with Gasteiger partial charge in [-0.15, -0.1) is 0 Å². The van der Waals surface area contributed by atoms with Gasteiger partial charge in [-0.2, -0.15) is 0 Å². The standard InChI is InChI=1S/C10H13NO/c1-8-9(3-2-6-11-8)7-10(12)4-5-10/h2-3,6,12H,4-5,7H2,1H3. The molecule has 0 bridgehead atoms. The first-order chi connectivity index (χ1) is 5.70. The molecule has 0 aliphatic heterocycles. The summed E-state index contributed by atoms with van der Waals surface area (Å²) in [7, 11) is 0. The zero-order valence-electron chi connectivity index (χ0n) is 7.25. The van der Waals surface area contributed by atoms with Crippen LogP contribution in [0, 0.1) is 6.92 Å². The van der Waals surface area contributed by atoms with Gasteiger partial charge < -0.3 is 5.11 Å². The molecular formula is C10H13NO. The van der Waals surface area contributed by atoms with Crippen LogP contribution in [0.5, 0.6) is 0 Å². The number of rotatable bonds is 2. The van der Waals surface area contributed by atoms with Crippen LogP contribution in [-0.2, 0) is 6.42 Å². The SMILES string of the molecule is Cc1ncccc1CC1(O)CC1. The van der Waals surface area contributed by atoms with Crippen molar-refractivity contribution >= 4 is 0 Å². The van der Waals surface area contributed by atoms with E-state index in [1.165, 1.54) is 5.56 Å². The Hall–Kier alpha value is -0.890. The van der Waals surface area contributed by atoms with Crippen LogP contribution in [-0.4, -0.2) is 15.7 Å². The fourth-order valence-electron chi connectivity index (χ4n) is 1.38. The predicted molar refractivity (Wildman–Crippen MR) is 46.9 cm³/mol. The topological polar surface area (TPSA) is 33.1 Å². The maximum Gasteiger partial charge on any atom is 0.0690 e. The zero-order chi connectivity index (χ0) is 8.60. The first-order valence-electron chi connectivity index (χ1n) is 4.32. The minimum atomic E-state index is -0.395. The van der Waals surface area contributed by atoms with Gasteiger partial charge in [-0.25, -0.2) is 0 Å². The molecule has 0 atom stereocenters. The average molecular weight is 163 g/mol. The van der Waals surface area contributed by atoms with Gasteiger partial charge >= 0.3 is 0 Å². The molecule has 1 saturated carbocycles. The average Bonchev–Trinajstić information content (AvgIpc) is 2.74. The molecule has 0 aromatic carbocycles. The van der Waals surface area contributed by atoms with Crippen molar-refractivity contribution in [2.24, 2.45) is 0 Å². The summed E-state index contributed by atoms with van der Waals surface area (Å²) in [6.07, 6.45) is 4.45. The molecule has 0 unspecified atom stereocenters. The molecule has 12 heavy (non-hydrogen) atoms. The van der Waals surface area contributed by atoms with Gasteiger partial charge in [0, 0.05) is 18.3 Å². The quantitative estimate of drug-likeness (QED) is 0.716. The fourth-order valence-corrected chi connectivity index (χ4v) is 1.38. The predicted octanol–water partition coefficient (Wildman–Crippen LogP) is 1.46. The van der Waals surface area contributed by atoms with Crippen LogP contribution in [0.4, 0.5) is 0 Å². The van der Waals surface area contributed by atoms with Crippen molar-refractivity contribution in [3.8, 4) is 0 Å². The molecular weight excluding hydrogens is 150 g/mol. The Labute approximate surface area is 72.3 Å². The van der Waals surface area contributed by atoms with Crippen LogP contribution >= 0.6 is 0 Å². The van der Waals surface area contributed by atoms with E-state index >= 15 is 0 Å². The second-order valence-electron chi connectivity index (χ2n) is 3.65. The molecule has 2 nitrogen and oxygen atoms in total. The highest BCUT2D eigenvalue weighted by Gasteiger charge is 2.40. The van der Waals surface area contributed by atoms with Crippen LogP contribution in [0.25, 0.3) is 0 Å². The number of aryl methyl sites for hydroxylation is 1. The van der Waals surface area contributed by atoms with E-state index in [1.54, 1.807) is 6.20 Å². The van der Waals surface area contributed by atoms with Crippen molar-refractivity contribution in [3.63, 3.8) is 0 Å². The lowest BCUT2D eigenvalue weighted by Gasteiger charge is -2.08. The van der Waals surface area contributed by atoms with Gasteiger partial charge in [-0.3, -0.25) is 4.98 Å². The number of hydrogen-bond acceptors (Lipinski definition) is 2. The van der Waals surface area contributed by atoms with E-state index in [0.717, 1.165) is 25.0 Å². The molecule has 1 fully saturated rings. The van der Waals surface area contributed by atoms with E-state index in [2.05, 4.69) is 4.98 Å². The maximum absolute atomic E-state index is 9.68. The maximum atomic E-state index is 9.68. The normalized spacial score (nSPS) is 19.2. The Balaban J connectivity index is 2.17. The lowest BCUT2D eigenvalue weighted by molar-refractivity contribution is 0.150. The molecule has 0 saturated heterocycles. The monoisotopic (exact) mass is 163 g/mol. The number of hydrogen-bond donors (Lipinski definition) is 1. The number of nitrogens with zero attached hydrogens (tertiary/aromatic N) is 1. The van der Waals surface area contributed by atoms with Gasteiger partial charge in [-0.05, 0) is 31.4 Å². The van der Waals surface area contributed by atoms with Gasteiger partial charge in [0.2, 0.25) is 0 Å². The van der Waals surface area contributed by atoms with E-state index in [9.17, 15) is 5.11 Å². The highest BCUT2D eigenvalue weighted by atomic mass is 16.3. The van der Waals surface area contributed by atoms with Crippen molar-refractivity contribution < 1.29 is 5.11 Å². The third kappa shape index (κ3) is 1.48. The molecule has 2 rings (SSSR count). The summed E-state index contributed by atoms with van der Waals surface area (Å²) in [6.45, 7) is 1.99. The van der Waals surface area contributed by atoms with E-state index in [-0.39, 0.29) is 0 Å². The Kier molecular flexibility index (Phi) is 1.65. The van der Waals surface area contributed by atoms with Crippen LogP contribution in [0.15, 0.2) is 18.3 Å². The molecule has 1 N–H and O–H groups in total. The molecule has 1 aliphatic rings. The van der Waals surface area contributed by atoms with Crippen LogP contribution in [0.3, 0.4) is 0 Å². The fraction of sp³-hybridized carbons (Fsp3) is 0.500. The first-order valence-corrected chi connectivity index (χ1v) is 4.32. The summed E-state index contributed by atoms with van der Waals surface area (Å²) >= 11 is 0. The molecule has 2 heteroatoms. The van der Waals surface area contributed by atoms with Gasteiger partial charge in [0.1, 0.15) is 0 Å². The summed E-state index contributed by atoms with van der Waals surface area (Å²) < 4.78 is 0. The minimum absolute atomic E-state index is 0.395. The molecule has 1 heterocycles. The molecule has 64 valence electrons. The van der Waals surface area contributed by atoms with Crippen molar-refractivity contribution in [1.82, 2.24) is 4.98 Å². The van der Waals surface area contributed by atoms with Crippen molar-refractivity contribution in [3.05, 3.63) is 29.6 Å². The van der Waals surface area contributed by atoms with Gasteiger partial charge in [-0.1, -0.05) is 6.07 Å². The summed E-state index contributed by atoms with van der Waals surface area (Å²) in [5, 5.41) is 9.68. The second kappa shape index (κ2) is 2.56. The molecule has 1 aliphatic carbocycles. The van der Waals surface area contributed by atoms with Gasteiger partial charge in [0.25, 0.3) is 0 Å². The van der Waals surface area contributed by atoms with Crippen LogP contribution in [0.1, 0.15) is 24.1 Å². The largest absolute Gasteiger partial charge is 0.390 e. The molecule has 1 aromatic heterocycles. The number of aliphatic hydroxyl groups is 1. The second-order valence-corrected chi connectivity index (χ2v) is 3.65.